The fourth-order valence-corrected chi connectivity index (χ4v) is 3.12. The van der Waals surface area contributed by atoms with Crippen LogP contribution in [-0.4, -0.2) is 38.4 Å². The molecule has 1 aromatic rings. The number of halogens is 3. The average molecular weight is 345 g/mol. The van der Waals surface area contributed by atoms with E-state index in [-0.39, 0.29) is 28.8 Å². The lowest BCUT2D eigenvalue weighted by Gasteiger charge is -2.11. The molecule has 0 bridgehead atoms. The summed E-state index contributed by atoms with van der Waals surface area (Å²) in [6, 6.07) is 3.82. The Balaban J connectivity index is 2.74. The van der Waals surface area contributed by atoms with Gasteiger partial charge in [-0.05, 0) is 30.0 Å². The molecule has 0 saturated carbocycles. The van der Waals surface area contributed by atoms with Crippen molar-refractivity contribution in [2.75, 3.05) is 19.4 Å². The molecule has 0 atom stereocenters. The number of alkyl halides is 3. The lowest BCUT2D eigenvalue weighted by Crippen LogP contribution is -2.26. The molecule has 5 nitrogen and oxygen atoms in total. The molecule has 0 spiro atoms. The number of thioether (sulfide) groups is 1. The van der Waals surface area contributed by atoms with E-state index >= 15 is 0 Å². The third-order valence-corrected chi connectivity index (χ3v) is 4.59. The van der Waals surface area contributed by atoms with Crippen LogP contribution in [0.2, 0.25) is 0 Å². The smallest absolute Gasteiger partial charge is 0.441 e. The summed E-state index contributed by atoms with van der Waals surface area (Å²) in [6.45, 7) is -0.774. The van der Waals surface area contributed by atoms with Crippen LogP contribution in [0.3, 0.4) is 0 Å². The van der Waals surface area contributed by atoms with E-state index in [0.29, 0.717) is 5.75 Å². The minimum Gasteiger partial charge on any atom is -0.496 e. The van der Waals surface area contributed by atoms with Gasteiger partial charge in [0.1, 0.15) is 5.75 Å². The molecule has 0 aliphatic heterocycles. The fraction of sp³-hybridized carbons (Fsp3) is 0.455. The quantitative estimate of drug-likeness (QED) is 0.736. The molecule has 0 heterocycles. The van der Waals surface area contributed by atoms with Crippen LogP contribution in [0.15, 0.2) is 23.1 Å². The summed E-state index contributed by atoms with van der Waals surface area (Å²) in [7, 11) is -2.56. The summed E-state index contributed by atoms with van der Waals surface area (Å²) < 4.78 is 66.6. The van der Waals surface area contributed by atoms with Gasteiger partial charge in [0.05, 0.1) is 18.6 Å². The number of hydrogen-bond donors (Lipinski definition) is 2. The van der Waals surface area contributed by atoms with Crippen molar-refractivity contribution >= 4 is 21.8 Å². The zero-order valence-electron chi connectivity index (χ0n) is 11.0. The number of rotatable bonds is 7. The highest BCUT2D eigenvalue weighted by atomic mass is 32.2. The normalized spacial score (nSPS) is 12.4. The van der Waals surface area contributed by atoms with Crippen molar-refractivity contribution in [3.8, 4) is 5.75 Å². The number of benzene rings is 1. The first-order chi connectivity index (χ1) is 9.69. The number of aliphatic hydroxyl groups is 1. The number of sulfonamides is 1. The molecule has 0 radical (unpaired) electrons. The highest BCUT2D eigenvalue weighted by Gasteiger charge is 2.27. The van der Waals surface area contributed by atoms with Gasteiger partial charge in [0.15, 0.2) is 0 Å². The molecular formula is C11H14F3NO4S2. The van der Waals surface area contributed by atoms with Gasteiger partial charge in [0, 0.05) is 17.9 Å². The second kappa shape index (κ2) is 7.34. The molecule has 1 aromatic carbocycles. The molecule has 0 amide bonds. The molecule has 0 saturated heterocycles. The van der Waals surface area contributed by atoms with Gasteiger partial charge >= 0.3 is 5.51 Å². The van der Waals surface area contributed by atoms with E-state index in [2.05, 4.69) is 4.72 Å². The van der Waals surface area contributed by atoms with Crippen LogP contribution in [0.25, 0.3) is 0 Å². The Labute approximate surface area is 124 Å². The highest BCUT2D eigenvalue weighted by Crippen LogP contribution is 2.29. The molecule has 1 rings (SSSR count). The molecule has 120 valence electrons. The summed E-state index contributed by atoms with van der Waals surface area (Å²) in [5, 5.41) is 9.12. The predicted molar refractivity (Wildman–Crippen MR) is 72.6 cm³/mol. The maximum atomic E-state index is 11.9. The van der Waals surface area contributed by atoms with Gasteiger partial charge in [-0.15, -0.1) is 0 Å². The minimum atomic E-state index is -4.39. The zero-order chi connectivity index (χ0) is 16.1. The van der Waals surface area contributed by atoms with Crippen LogP contribution < -0.4 is 9.46 Å². The van der Waals surface area contributed by atoms with Crippen molar-refractivity contribution < 1.29 is 31.4 Å². The minimum absolute atomic E-state index is 0.149. The van der Waals surface area contributed by atoms with Crippen molar-refractivity contribution in [3.05, 3.63) is 23.8 Å². The van der Waals surface area contributed by atoms with Gasteiger partial charge in [0.2, 0.25) is 10.0 Å². The summed E-state index contributed by atoms with van der Waals surface area (Å²) in [4.78, 5) is -0.149. The Morgan fingerprint density at radius 1 is 1.38 bits per heavy atom. The van der Waals surface area contributed by atoms with Crippen LogP contribution in [0, 0.1) is 0 Å². The number of nitrogens with one attached hydrogen (secondary N) is 1. The Bertz CT molecular complexity index is 575. The first-order valence-electron chi connectivity index (χ1n) is 5.68. The van der Waals surface area contributed by atoms with E-state index in [9.17, 15) is 21.6 Å². The molecule has 21 heavy (non-hydrogen) atoms. The molecule has 0 aliphatic rings. The highest BCUT2D eigenvalue weighted by molar-refractivity contribution is 8.00. The molecule has 0 unspecified atom stereocenters. The van der Waals surface area contributed by atoms with E-state index in [1.54, 1.807) is 0 Å². The lowest BCUT2D eigenvalue weighted by atomic mass is 10.2. The maximum Gasteiger partial charge on any atom is 0.441 e. The van der Waals surface area contributed by atoms with Gasteiger partial charge in [-0.25, -0.2) is 13.1 Å². The first kappa shape index (κ1) is 18.1. The maximum absolute atomic E-state index is 11.9. The zero-order valence-corrected chi connectivity index (χ0v) is 12.6. The van der Waals surface area contributed by atoms with E-state index in [1.165, 1.54) is 25.3 Å². The van der Waals surface area contributed by atoms with Gasteiger partial charge in [-0.2, -0.15) is 13.2 Å². The van der Waals surface area contributed by atoms with Crippen LogP contribution >= 0.6 is 11.8 Å². The van der Waals surface area contributed by atoms with E-state index in [4.69, 9.17) is 9.84 Å². The van der Waals surface area contributed by atoms with Crippen molar-refractivity contribution in [1.29, 1.82) is 0 Å². The molecule has 0 aliphatic carbocycles. The van der Waals surface area contributed by atoms with Crippen molar-refractivity contribution in [2.24, 2.45) is 0 Å². The average Bonchev–Trinajstić information content (AvgIpc) is 2.41. The Morgan fingerprint density at radius 3 is 2.57 bits per heavy atom. The summed E-state index contributed by atoms with van der Waals surface area (Å²) in [5.74, 6) is -0.102. The largest absolute Gasteiger partial charge is 0.496 e. The Hall–Kier alpha value is -0.970. The van der Waals surface area contributed by atoms with E-state index < -0.39 is 27.9 Å². The topological polar surface area (TPSA) is 75.6 Å². The number of methoxy groups -OCH3 is 1. The van der Waals surface area contributed by atoms with Gasteiger partial charge in [0.25, 0.3) is 0 Å². The SMILES string of the molecule is COc1ccc(S(=O)(=O)NCCSC(F)(F)F)cc1CO. The standard InChI is InChI=1S/C11H14F3NO4S2/c1-19-10-3-2-9(6-8(10)7-16)21(17,18)15-4-5-20-11(12,13)14/h2-3,6,15-16H,4-5,7H2,1H3. The van der Waals surface area contributed by atoms with Crippen molar-refractivity contribution in [3.63, 3.8) is 0 Å². The molecular weight excluding hydrogens is 331 g/mol. The Kier molecular flexibility index (Phi) is 6.32. The monoisotopic (exact) mass is 345 g/mol. The van der Waals surface area contributed by atoms with Crippen LogP contribution in [0.4, 0.5) is 13.2 Å². The van der Waals surface area contributed by atoms with Crippen LogP contribution in [0.5, 0.6) is 5.75 Å². The fourth-order valence-electron chi connectivity index (χ4n) is 1.47. The second-order valence-electron chi connectivity index (χ2n) is 3.82. The van der Waals surface area contributed by atoms with Crippen LogP contribution in [0.1, 0.15) is 5.56 Å². The summed E-state index contributed by atoms with van der Waals surface area (Å²) in [6.07, 6.45) is 0. The van der Waals surface area contributed by atoms with E-state index in [0.717, 1.165) is 0 Å². The summed E-state index contributed by atoms with van der Waals surface area (Å²) >= 11 is -0.304. The third-order valence-electron chi connectivity index (χ3n) is 2.39. The van der Waals surface area contributed by atoms with Gasteiger partial charge in [-0.1, -0.05) is 0 Å². The molecule has 2 N–H and O–H groups in total. The van der Waals surface area contributed by atoms with Crippen LogP contribution in [-0.2, 0) is 16.6 Å². The number of aliphatic hydroxyl groups excluding tert-OH is 1. The molecule has 0 fully saturated rings. The summed E-state index contributed by atoms with van der Waals surface area (Å²) in [5.41, 5.74) is -4.12. The lowest BCUT2D eigenvalue weighted by molar-refractivity contribution is -0.0327. The molecule has 0 aromatic heterocycles. The Morgan fingerprint density at radius 2 is 2.05 bits per heavy atom. The third kappa shape index (κ3) is 5.73. The van der Waals surface area contributed by atoms with E-state index in [1.807, 2.05) is 0 Å². The molecule has 10 heteroatoms. The first-order valence-corrected chi connectivity index (χ1v) is 8.14. The number of hydrogen-bond acceptors (Lipinski definition) is 5. The van der Waals surface area contributed by atoms with Gasteiger partial charge < -0.3 is 9.84 Å². The number of ether oxygens (including phenoxy) is 1. The predicted octanol–water partition coefficient (Wildman–Crippen LogP) is 1.72. The van der Waals surface area contributed by atoms with Gasteiger partial charge in [-0.3, -0.25) is 0 Å². The van der Waals surface area contributed by atoms with Crippen molar-refractivity contribution in [2.45, 2.75) is 17.0 Å². The second-order valence-corrected chi connectivity index (χ2v) is 6.75. The van der Waals surface area contributed by atoms with Crippen molar-refractivity contribution in [1.82, 2.24) is 4.72 Å².